The number of hydrogen-bond acceptors (Lipinski definition) is 5. The lowest BCUT2D eigenvalue weighted by molar-refractivity contribution is 0.0505. The molecule has 3 rings (SSSR count). The van der Waals surface area contributed by atoms with Crippen molar-refractivity contribution in [3.8, 4) is 0 Å². The van der Waals surface area contributed by atoms with E-state index in [1.165, 1.54) is 4.57 Å². The molecule has 0 atom stereocenters. The molecule has 0 saturated heterocycles. The van der Waals surface area contributed by atoms with E-state index in [9.17, 15) is 9.59 Å². The highest BCUT2D eigenvalue weighted by molar-refractivity contribution is 5.89. The molecule has 0 aliphatic rings. The van der Waals surface area contributed by atoms with Gasteiger partial charge in [-0.05, 0) is 36.2 Å². The number of pyridine rings is 1. The molecular weight excluding hydrogens is 296 g/mol. The van der Waals surface area contributed by atoms with Crippen molar-refractivity contribution < 1.29 is 13.9 Å². The van der Waals surface area contributed by atoms with Crippen molar-refractivity contribution in [2.45, 2.75) is 19.9 Å². The maximum absolute atomic E-state index is 11.9. The second-order valence-corrected chi connectivity index (χ2v) is 5.11. The van der Waals surface area contributed by atoms with Crippen LogP contribution in [0.4, 0.5) is 0 Å². The maximum Gasteiger partial charge on any atom is 0.421 e. The van der Waals surface area contributed by atoms with Crippen LogP contribution < -0.4 is 5.76 Å². The first-order chi connectivity index (χ1) is 11.2. The molecule has 0 unspecified atom stereocenters. The summed E-state index contributed by atoms with van der Waals surface area (Å²) in [6.45, 7) is 2.67. The van der Waals surface area contributed by atoms with Crippen LogP contribution in [0.15, 0.2) is 51.8 Å². The van der Waals surface area contributed by atoms with Gasteiger partial charge in [0, 0.05) is 6.20 Å². The molecule has 0 N–H and O–H groups in total. The Balaban J connectivity index is 1.81. The molecule has 6 nitrogen and oxygen atoms in total. The molecule has 0 radical (unpaired) electrons. The average Bonchev–Trinajstić information content (AvgIpc) is 2.89. The van der Waals surface area contributed by atoms with Crippen LogP contribution in [0.5, 0.6) is 0 Å². The lowest BCUT2D eigenvalue weighted by atomic mass is 10.1. The molecule has 0 fully saturated rings. The van der Waals surface area contributed by atoms with Gasteiger partial charge in [-0.1, -0.05) is 19.1 Å². The minimum absolute atomic E-state index is 0.327. The van der Waals surface area contributed by atoms with E-state index in [2.05, 4.69) is 4.98 Å². The number of aromatic nitrogens is 2. The van der Waals surface area contributed by atoms with Crippen LogP contribution in [-0.2, 0) is 11.3 Å². The van der Waals surface area contributed by atoms with E-state index < -0.39 is 5.76 Å². The molecule has 6 heteroatoms. The topological polar surface area (TPSA) is 74.3 Å². The van der Waals surface area contributed by atoms with Crippen molar-refractivity contribution in [3.05, 3.63) is 64.3 Å². The number of carbonyl (C=O) groups is 1. The molecule has 0 saturated carbocycles. The Morgan fingerprint density at radius 3 is 2.78 bits per heavy atom. The first-order valence-electron chi connectivity index (χ1n) is 7.39. The zero-order chi connectivity index (χ0) is 16.2. The quantitative estimate of drug-likeness (QED) is 0.677. The standard InChI is InChI=1S/C17H16N2O4/c1-2-10-22-16(20)13-7-5-12(6-8-13)11-19-15-14(23-17(19)21)4-3-9-18-15/h3-9H,2,10-11H2,1H3. The Hall–Kier alpha value is -2.89. The Morgan fingerprint density at radius 2 is 2.04 bits per heavy atom. The third kappa shape index (κ3) is 3.15. The molecule has 118 valence electrons. The van der Waals surface area contributed by atoms with Crippen molar-refractivity contribution in [1.82, 2.24) is 9.55 Å². The Morgan fingerprint density at radius 1 is 1.26 bits per heavy atom. The molecule has 2 heterocycles. The first kappa shape index (κ1) is 15.0. The van der Waals surface area contributed by atoms with Crippen molar-refractivity contribution in [3.63, 3.8) is 0 Å². The summed E-state index contributed by atoms with van der Waals surface area (Å²) in [6.07, 6.45) is 2.40. The molecule has 0 aliphatic carbocycles. The number of hydrogen-bond donors (Lipinski definition) is 0. The van der Waals surface area contributed by atoms with Crippen LogP contribution in [0.1, 0.15) is 29.3 Å². The van der Waals surface area contributed by atoms with E-state index in [0.29, 0.717) is 29.9 Å². The third-order valence-corrected chi connectivity index (χ3v) is 3.39. The van der Waals surface area contributed by atoms with Gasteiger partial charge in [-0.15, -0.1) is 0 Å². The molecular formula is C17H16N2O4. The van der Waals surface area contributed by atoms with Crippen molar-refractivity contribution in [1.29, 1.82) is 0 Å². The molecule has 0 aliphatic heterocycles. The van der Waals surface area contributed by atoms with Crippen LogP contribution >= 0.6 is 0 Å². The summed E-state index contributed by atoms with van der Waals surface area (Å²) < 4.78 is 11.7. The Bertz CT molecular complexity index is 877. The second kappa shape index (κ2) is 6.48. The predicted molar refractivity (Wildman–Crippen MR) is 84.4 cm³/mol. The highest BCUT2D eigenvalue weighted by atomic mass is 16.5. The summed E-state index contributed by atoms with van der Waals surface area (Å²) in [5.41, 5.74) is 2.32. The molecule has 2 aromatic heterocycles. The van der Waals surface area contributed by atoms with Gasteiger partial charge >= 0.3 is 11.7 Å². The molecule has 0 spiro atoms. The predicted octanol–water partition coefficient (Wildman–Crippen LogP) is 2.60. The van der Waals surface area contributed by atoms with E-state index in [-0.39, 0.29) is 5.97 Å². The van der Waals surface area contributed by atoms with Crippen LogP contribution in [0.2, 0.25) is 0 Å². The molecule has 3 aromatic rings. The zero-order valence-electron chi connectivity index (χ0n) is 12.7. The van der Waals surface area contributed by atoms with Crippen LogP contribution in [0.25, 0.3) is 11.2 Å². The second-order valence-electron chi connectivity index (χ2n) is 5.11. The minimum atomic E-state index is -0.454. The van der Waals surface area contributed by atoms with Crippen molar-refractivity contribution in [2.24, 2.45) is 0 Å². The van der Waals surface area contributed by atoms with Crippen molar-refractivity contribution >= 4 is 17.2 Å². The SMILES string of the molecule is CCCOC(=O)c1ccc(Cn2c(=O)oc3cccnc32)cc1. The van der Waals surface area contributed by atoms with E-state index in [4.69, 9.17) is 9.15 Å². The summed E-state index contributed by atoms with van der Waals surface area (Å²) in [6, 6.07) is 10.4. The number of rotatable bonds is 5. The fourth-order valence-electron chi connectivity index (χ4n) is 2.25. The normalized spacial score (nSPS) is 10.8. The summed E-state index contributed by atoms with van der Waals surface area (Å²) in [5.74, 6) is -0.795. The Labute approximate surface area is 132 Å². The summed E-state index contributed by atoms with van der Waals surface area (Å²) >= 11 is 0. The number of carbonyl (C=O) groups excluding carboxylic acids is 1. The fourth-order valence-corrected chi connectivity index (χ4v) is 2.25. The number of fused-ring (bicyclic) bond motifs is 1. The molecule has 1 aromatic carbocycles. The zero-order valence-corrected chi connectivity index (χ0v) is 12.7. The van der Waals surface area contributed by atoms with Gasteiger partial charge in [0.15, 0.2) is 11.2 Å². The van der Waals surface area contributed by atoms with Gasteiger partial charge < -0.3 is 9.15 Å². The lowest BCUT2D eigenvalue weighted by Gasteiger charge is -2.05. The van der Waals surface area contributed by atoms with E-state index >= 15 is 0 Å². The van der Waals surface area contributed by atoms with Crippen molar-refractivity contribution in [2.75, 3.05) is 6.61 Å². The van der Waals surface area contributed by atoms with Crippen LogP contribution in [0, 0.1) is 0 Å². The third-order valence-electron chi connectivity index (χ3n) is 3.39. The van der Waals surface area contributed by atoms with E-state index in [1.54, 1.807) is 42.6 Å². The minimum Gasteiger partial charge on any atom is -0.462 e. The number of esters is 1. The molecule has 0 amide bonds. The molecule has 0 bridgehead atoms. The maximum atomic E-state index is 11.9. The summed E-state index contributed by atoms with van der Waals surface area (Å²) in [7, 11) is 0. The van der Waals surface area contributed by atoms with Gasteiger partial charge in [0.25, 0.3) is 0 Å². The molecule has 23 heavy (non-hydrogen) atoms. The van der Waals surface area contributed by atoms with Crippen LogP contribution in [-0.4, -0.2) is 22.1 Å². The van der Waals surface area contributed by atoms with Crippen LogP contribution in [0.3, 0.4) is 0 Å². The average molecular weight is 312 g/mol. The van der Waals surface area contributed by atoms with Gasteiger partial charge in [-0.3, -0.25) is 4.57 Å². The van der Waals surface area contributed by atoms with E-state index in [0.717, 1.165) is 12.0 Å². The monoisotopic (exact) mass is 312 g/mol. The highest BCUT2D eigenvalue weighted by Gasteiger charge is 2.11. The number of nitrogens with zero attached hydrogens (tertiary/aromatic N) is 2. The fraction of sp³-hybridized carbons (Fsp3) is 0.235. The number of ether oxygens (including phenoxy) is 1. The highest BCUT2D eigenvalue weighted by Crippen LogP contribution is 2.12. The van der Waals surface area contributed by atoms with Gasteiger partial charge in [0.1, 0.15) is 0 Å². The first-order valence-corrected chi connectivity index (χ1v) is 7.39. The van der Waals surface area contributed by atoms with Gasteiger partial charge in [0.05, 0.1) is 18.7 Å². The lowest BCUT2D eigenvalue weighted by Crippen LogP contribution is -2.15. The number of benzene rings is 1. The largest absolute Gasteiger partial charge is 0.462 e. The van der Waals surface area contributed by atoms with E-state index in [1.807, 2.05) is 6.92 Å². The summed E-state index contributed by atoms with van der Waals surface area (Å²) in [5, 5.41) is 0. The Kier molecular flexibility index (Phi) is 4.23. The summed E-state index contributed by atoms with van der Waals surface area (Å²) in [4.78, 5) is 27.8. The van der Waals surface area contributed by atoms with Gasteiger partial charge in [-0.25, -0.2) is 14.6 Å². The number of oxazole rings is 1. The smallest absolute Gasteiger partial charge is 0.421 e. The van der Waals surface area contributed by atoms with Gasteiger partial charge in [-0.2, -0.15) is 0 Å². The van der Waals surface area contributed by atoms with Gasteiger partial charge in [0.2, 0.25) is 0 Å².